The fourth-order valence-corrected chi connectivity index (χ4v) is 4.70. The van der Waals surface area contributed by atoms with Crippen molar-refractivity contribution < 1.29 is 0 Å². The Morgan fingerprint density at radius 3 is 0.800 bits per heavy atom. The van der Waals surface area contributed by atoms with E-state index in [-0.39, 0.29) is 0 Å². The van der Waals surface area contributed by atoms with Crippen molar-refractivity contribution >= 4 is 32.3 Å². The molecule has 0 amide bonds. The molecule has 0 aliphatic rings. The fourth-order valence-electron chi connectivity index (χ4n) is 4.70. The van der Waals surface area contributed by atoms with Gasteiger partial charge in [-0.3, -0.25) is 0 Å². The van der Waals surface area contributed by atoms with Crippen LogP contribution < -0.4 is 0 Å². The normalized spacial score (nSPS) is 10.0. The molecule has 0 spiro atoms. The van der Waals surface area contributed by atoms with Crippen LogP contribution in [0.4, 0.5) is 0 Å². The number of aryl methyl sites for hydroxylation is 4. The van der Waals surface area contributed by atoms with Crippen LogP contribution in [0.25, 0.3) is 32.3 Å². The molecule has 0 fully saturated rings. The highest BCUT2D eigenvalue weighted by molar-refractivity contribution is 5.86. The second kappa shape index (κ2) is 14.5. The first-order chi connectivity index (χ1) is 19.5. The first kappa shape index (κ1) is 28.3. The number of fused-ring (bicyclic) bond motifs is 3. The van der Waals surface area contributed by atoms with Crippen molar-refractivity contribution in [3.8, 4) is 0 Å². The molecule has 0 aliphatic carbocycles. The molecule has 0 aliphatic heterocycles. The van der Waals surface area contributed by atoms with Gasteiger partial charge in [0.2, 0.25) is 0 Å². The molecule has 40 heavy (non-hydrogen) atoms. The Kier molecular flexibility index (Phi) is 10.2. The van der Waals surface area contributed by atoms with E-state index in [2.05, 4.69) is 167 Å². The maximum atomic E-state index is 2.16. The summed E-state index contributed by atoms with van der Waals surface area (Å²) >= 11 is 0. The van der Waals surface area contributed by atoms with Gasteiger partial charge < -0.3 is 0 Å². The summed E-state index contributed by atoms with van der Waals surface area (Å²) in [7, 11) is 0. The second-order valence-corrected chi connectivity index (χ2v) is 10.0. The predicted molar refractivity (Wildman–Crippen MR) is 177 cm³/mol. The molecule has 0 saturated heterocycles. The van der Waals surface area contributed by atoms with E-state index in [4.69, 9.17) is 0 Å². The first-order valence-electron chi connectivity index (χ1n) is 13.9. The molecular formula is C40H38. The van der Waals surface area contributed by atoms with E-state index in [1.54, 1.807) is 0 Å². The van der Waals surface area contributed by atoms with Crippen molar-refractivity contribution in [1.82, 2.24) is 0 Å². The molecule has 0 N–H and O–H groups in total. The van der Waals surface area contributed by atoms with Crippen LogP contribution >= 0.6 is 0 Å². The average molecular weight is 519 g/mol. The Morgan fingerprint density at radius 1 is 0.250 bits per heavy atom. The Bertz CT molecular complexity index is 1580. The summed E-state index contributed by atoms with van der Waals surface area (Å²) in [5.41, 5.74) is 5.37. The van der Waals surface area contributed by atoms with Gasteiger partial charge in [-0.25, -0.2) is 0 Å². The van der Waals surface area contributed by atoms with E-state index in [1.165, 1.54) is 54.6 Å². The zero-order chi connectivity index (χ0) is 28.2. The molecule has 7 rings (SSSR count). The molecule has 0 atom stereocenters. The Hall–Kier alpha value is -4.68. The number of benzene rings is 7. The van der Waals surface area contributed by atoms with Gasteiger partial charge in [-0.1, -0.05) is 163 Å². The van der Waals surface area contributed by atoms with Crippen LogP contribution in [0.15, 0.2) is 158 Å². The van der Waals surface area contributed by atoms with Crippen LogP contribution in [-0.2, 0) is 0 Å². The lowest BCUT2D eigenvalue weighted by atomic mass is 10.1. The van der Waals surface area contributed by atoms with Gasteiger partial charge in [0.15, 0.2) is 0 Å². The van der Waals surface area contributed by atoms with Crippen molar-refractivity contribution in [2.24, 2.45) is 0 Å². The molecule has 0 saturated carbocycles. The maximum Gasteiger partial charge on any atom is -0.0155 e. The van der Waals surface area contributed by atoms with Crippen molar-refractivity contribution in [3.63, 3.8) is 0 Å². The molecular weight excluding hydrogens is 480 g/mol. The third kappa shape index (κ3) is 7.91. The number of rotatable bonds is 0. The van der Waals surface area contributed by atoms with Gasteiger partial charge in [0.25, 0.3) is 0 Å². The van der Waals surface area contributed by atoms with Crippen LogP contribution in [0, 0.1) is 27.7 Å². The highest BCUT2D eigenvalue weighted by atomic mass is 14.0. The SMILES string of the molecule is Cc1cccc2ccccc12.Cc1cccc2ccccc12.Cc1cccc2ccccc12.Cc1ccccc1. The van der Waals surface area contributed by atoms with E-state index < -0.39 is 0 Å². The lowest BCUT2D eigenvalue weighted by Gasteiger charge is -1.98. The quantitative estimate of drug-likeness (QED) is 0.187. The predicted octanol–water partition coefficient (Wildman–Crippen LogP) is 11.4. The molecule has 0 nitrogen and oxygen atoms in total. The third-order valence-electron chi connectivity index (χ3n) is 6.96. The summed E-state index contributed by atoms with van der Waals surface area (Å²) in [6.45, 7) is 8.51. The van der Waals surface area contributed by atoms with E-state index in [0.29, 0.717) is 0 Å². The van der Waals surface area contributed by atoms with Gasteiger partial charge in [-0.05, 0) is 76.7 Å². The summed E-state index contributed by atoms with van der Waals surface area (Å²) in [6.07, 6.45) is 0. The van der Waals surface area contributed by atoms with Crippen LogP contribution in [0.5, 0.6) is 0 Å². The third-order valence-corrected chi connectivity index (χ3v) is 6.96. The molecule has 0 unspecified atom stereocenters. The smallest absolute Gasteiger partial charge is 0.0155 e. The molecule has 0 aromatic heterocycles. The van der Waals surface area contributed by atoms with E-state index in [0.717, 1.165) is 0 Å². The minimum Gasteiger partial charge on any atom is -0.0622 e. The van der Waals surface area contributed by atoms with E-state index >= 15 is 0 Å². The van der Waals surface area contributed by atoms with Gasteiger partial charge in [0.1, 0.15) is 0 Å². The molecule has 0 bridgehead atoms. The summed E-state index contributed by atoms with van der Waals surface area (Å²) in [5, 5.41) is 8.05. The van der Waals surface area contributed by atoms with Crippen molar-refractivity contribution in [2.45, 2.75) is 27.7 Å². The Labute approximate surface area is 239 Å². The van der Waals surface area contributed by atoms with Gasteiger partial charge >= 0.3 is 0 Å². The van der Waals surface area contributed by atoms with E-state index in [1.807, 2.05) is 18.2 Å². The van der Waals surface area contributed by atoms with E-state index in [9.17, 15) is 0 Å². The lowest BCUT2D eigenvalue weighted by molar-refractivity contribution is 1.48. The highest BCUT2D eigenvalue weighted by Crippen LogP contribution is 2.18. The second-order valence-electron chi connectivity index (χ2n) is 10.0. The molecule has 7 aromatic carbocycles. The largest absolute Gasteiger partial charge is 0.0622 e. The van der Waals surface area contributed by atoms with Crippen molar-refractivity contribution in [2.75, 3.05) is 0 Å². The Morgan fingerprint density at radius 2 is 0.525 bits per heavy atom. The minimum absolute atomic E-state index is 1.32. The van der Waals surface area contributed by atoms with Crippen LogP contribution in [-0.4, -0.2) is 0 Å². The van der Waals surface area contributed by atoms with Gasteiger partial charge in [-0.2, -0.15) is 0 Å². The fraction of sp³-hybridized carbons (Fsp3) is 0.100. The molecule has 0 radical (unpaired) electrons. The number of hydrogen-bond donors (Lipinski definition) is 0. The minimum atomic E-state index is 1.32. The first-order valence-corrected chi connectivity index (χ1v) is 13.9. The topological polar surface area (TPSA) is 0 Å². The van der Waals surface area contributed by atoms with Gasteiger partial charge in [-0.15, -0.1) is 0 Å². The van der Waals surface area contributed by atoms with Crippen LogP contribution in [0.2, 0.25) is 0 Å². The monoisotopic (exact) mass is 518 g/mol. The van der Waals surface area contributed by atoms with Crippen LogP contribution in [0.3, 0.4) is 0 Å². The average Bonchev–Trinajstić information content (AvgIpc) is 3.00. The standard InChI is InChI=1S/3C11H10.C7H8/c3*1-9-5-4-7-10-6-2-3-8-11(9)10;1-7-5-3-2-4-6-7/h3*2-8H,1H3;2-6H,1H3. The van der Waals surface area contributed by atoms with Crippen LogP contribution in [0.1, 0.15) is 22.3 Å². The molecule has 0 heteroatoms. The lowest BCUT2D eigenvalue weighted by Crippen LogP contribution is -1.75. The van der Waals surface area contributed by atoms with Crippen molar-refractivity contribution in [3.05, 3.63) is 180 Å². The molecule has 0 heterocycles. The zero-order valence-corrected chi connectivity index (χ0v) is 24.0. The van der Waals surface area contributed by atoms with Crippen molar-refractivity contribution in [1.29, 1.82) is 0 Å². The summed E-state index contributed by atoms with van der Waals surface area (Å²) in [5.74, 6) is 0. The summed E-state index contributed by atoms with van der Waals surface area (Å²) in [4.78, 5) is 0. The summed E-state index contributed by atoms with van der Waals surface area (Å²) in [6, 6.07) is 54.7. The number of hydrogen-bond acceptors (Lipinski definition) is 0. The van der Waals surface area contributed by atoms with Gasteiger partial charge in [0.05, 0.1) is 0 Å². The molecule has 7 aromatic rings. The zero-order valence-electron chi connectivity index (χ0n) is 24.0. The van der Waals surface area contributed by atoms with Gasteiger partial charge in [0, 0.05) is 0 Å². The maximum absolute atomic E-state index is 2.16. The molecule has 198 valence electrons. The Balaban J connectivity index is 0.000000125. The summed E-state index contributed by atoms with van der Waals surface area (Å²) < 4.78 is 0. The highest BCUT2D eigenvalue weighted by Gasteiger charge is 1.94.